The van der Waals surface area contributed by atoms with Crippen LogP contribution in [0.1, 0.15) is 34.8 Å². The van der Waals surface area contributed by atoms with E-state index in [4.69, 9.17) is 36.0 Å². The summed E-state index contributed by atoms with van der Waals surface area (Å²) in [5, 5.41) is 22.0. The Morgan fingerprint density at radius 2 is 1.43 bits per heavy atom. The van der Waals surface area contributed by atoms with E-state index in [1.165, 1.54) is 14.2 Å². The first-order valence-electron chi connectivity index (χ1n) is 11.6. The van der Waals surface area contributed by atoms with Crippen LogP contribution in [-0.2, 0) is 9.47 Å². The van der Waals surface area contributed by atoms with Gasteiger partial charge in [-0.05, 0) is 22.2 Å². The van der Waals surface area contributed by atoms with Gasteiger partial charge in [0.1, 0.15) is 13.3 Å². The Balaban J connectivity index is 0.000000282. The van der Waals surface area contributed by atoms with Crippen molar-refractivity contribution in [3.8, 4) is 11.4 Å². The number of nitrogens with zero attached hydrogens (tertiary/aromatic N) is 9. The number of rotatable bonds is 12. The Hall–Kier alpha value is -4.75. The fraction of sp³-hybridized carbons (Fsp3) is 0.375. The van der Waals surface area contributed by atoms with E-state index in [0.29, 0.717) is 28.4 Å². The second-order valence-electron chi connectivity index (χ2n) is 8.03. The van der Waals surface area contributed by atoms with Gasteiger partial charge in [-0.25, -0.2) is 0 Å². The number of hydrogen-bond acceptors (Lipinski definition) is 9. The molecular weight excluding hydrogens is 530 g/mol. The zero-order valence-electron chi connectivity index (χ0n) is 21.9. The van der Waals surface area contributed by atoms with Crippen LogP contribution in [0.3, 0.4) is 0 Å². The standard InChI is InChI=1S/C13H14FN5O2.C11H14FN5O2/c1-8-16-13(18-21-8)10-5-3-9(4-6-10)12(20-2)11(7-14)17-19-15;1-19-10(9(6-12)15-17-14)7-2-4-8(5-3-7)11(13)16-18/h3-6,11-12H,7H2,1-2H3;2-5,9-10,18H,6H2,1H3,(H2,13,16)/t11-,12-;9-,10-/m11/s1. The van der Waals surface area contributed by atoms with Crippen LogP contribution in [0.4, 0.5) is 8.78 Å². The van der Waals surface area contributed by atoms with E-state index in [1.54, 1.807) is 55.5 Å². The number of oxime groups is 1. The molecule has 0 amide bonds. The van der Waals surface area contributed by atoms with Gasteiger partial charge in [0.15, 0.2) is 5.84 Å². The molecule has 1 heterocycles. The number of benzene rings is 2. The lowest BCUT2D eigenvalue weighted by molar-refractivity contribution is 0.0721. The Morgan fingerprint density at radius 3 is 1.77 bits per heavy atom. The number of ether oxygens (including phenoxy) is 2. The lowest BCUT2D eigenvalue weighted by Crippen LogP contribution is -2.20. The van der Waals surface area contributed by atoms with Gasteiger partial charge in [0.05, 0.1) is 24.3 Å². The van der Waals surface area contributed by atoms with Crippen LogP contribution < -0.4 is 5.73 Å². The summed E-state index contributed by atoms with van der Waals surface area (Å²) < 4.78 is 41.1. The molecular formula is C24H28F2N10O4. The molecule has 40 heavy (non-hydrogen) atoms. The summed E-state index contributed by atoms with van der Waals surface area (Å²) in [6.07, 6.45) is -1.34. The Bertz CT molecular complexity index is 1320. The number of amidine groups is 1. The molecule has 0 radical (unpaired) electrons. The zero-order valence-corrected chi connectivity index (χ0v) is 21.9. The van der Waals surface area contributed by atoms with Crippen molar-refractivity contribution in [2.45, 2.75) is 31.2 Å². The van der Waals surface area contributed by atoms with Crippen molar-refractivity contribution in [3.63, 3.8) is 0 Å². The molecule has 0 saturated carbocycles. The minimum Gasteiger partial charge on any atom is -0.409 e. The molecule has 3 rings (SSSR count). The second-order valence-corrected chi connectivity index (χ2v) is 8.03. The van der Waals surface area contributed by atoms with Gasteiger partial charge < -0.3 is 24.9 Å². The van der Waals surface area contributed by atoms with Crippen molar-refractivity contribution in [3.05, 3.63) is 92.0 Å². The third-order valence-electron chi connectivity index (χ3n) is 5.59. The van der Waals surface area contributed by atoms with E-state index in [1.807, 2.05) is 0 Å². The summed E-state index contributed by atoms with van der Waals surface area (Å²) in [5.74, 6) is 0.924. The molecule has 0 saturated heterocycles. The molecule has 14 nitrogen and oxygen atoms in total. The number of nitrogens with two attached hydrogens (primary N) is 1. The molecule has 16 heteroatoms. The molecule has 4 atom stereocenters. The van der Waals surface area contributed by atoms with Crippen LogP contribution in [0.15, 0.2) is 68.4 Å². The van der Waals surface area contributed by atoms with Gasteiger partial charge in [0.2, 0.25) is 11.7 Å². The number of halogens is 2. The predicted octanol–water partition coefficient (Wildman–Crippen LogP) is 5.50. The topological polar surface area (TPSA) is 214 Å². The molecule has 0 aliphatic heterocycles. The number of hydrogen-bond donors (Lipinski definition) is 2. The van der Waals surface area contributed by atoms with E-state index < -0.39 is 37.6 Å². The molecule has 212 valence electrons. The number of alkyl halides is 2. The Kier molecular flexibility index (Phi) is 12.8. The fourth-order valence-electron chi connectivity index (χ4n) is 3.65. The molecule has 0 spiro atoms. The zero-order chi connectivity index (χ0) is 29.5. The van der Waals surface area contributed by atoms with Gasteiger partial charge >= 0.3 is 0 Å². The summed E-state index contributed by atoms with van der Waals surface area (Å²) in [7, 11) is 2.84. The molecule has 0 unspecified atom stereocenters. The lowest BCUT2D eigenvalue weighted by atomic mass is 10.0. The average Bonchev–Trinajstić information content (AvgIpc) is 3.43. The van der Waals surface area contributed by atoms with Gasteiger partial charge in [0.25, 0.3) is 0 Å². The third-order valence-corrected chi connectivity index (χ3v) is 5.59. The smallest absolute Gasteiger partial charge is 0.223 e. The van der Waals surface area contributed by atoms with E-state index in [9.17, 15) is 8.78 Å². The minimum absolute atomic E-state index is 0.0300. The van der Waals surface area contributed by atoms with Crippen molar-refractivity contribution >= 4 is 5.84 Å². The third kappa shape index (κ3) is 8.38. The van der Waals surface area contributed by atoms with Crippen LogP contribution in [0, 0.1) is 6.92 Å². The minimum atomic E-state index is -0.940. The molecule has 0 fully saturated rings. The van der Waals surface area contributed by atoms with Crippen molar-refractivity contribution in [1.82, 2.24) is 10.1 Å². The number of methoxy groups -OCH3 is 2. The van der Waals surface area contributed by atoms with E-state index in [2.05, 4.69) is 35.3 Å². The highest BCUT2D eigenvalue weighted by Crippen LogP contribution is 2.26. The van der Waals surface area contributed by atoms with Crippen LogP contribution in [0.25, 0.3) is 32.3 Å². The highest BCUT2D eigenvalue weighted by Gasteiger charge is 2.23. The molecule has 2 aromatic carbocycles. The quantitative estimate of drug-likeness (QED) is 0.0553. The highest BCUT2D eigenvalue weighted by atomic mass is 19.1. The molecule has 3 N–H and O–H groups in total. The molecule has 1 aromatic heterocycles. The fourth-order valence-corrected chi connectivity index (χ4v) is 3.65. The summed E-state index contributed by atoms with van der Waals surface area (Å²) in [4.78, 5) is 9.36. The van der Waals surface area contributed by atoms with Crippen molar-refractivity contribution in [2.75, 3.05) is 27.6 Å². The molecule has 0 aliphatic rings. The second kappa shape index (κ2) is 16.3. The first-order valence-corrected chi connectivity index (χ1v) is 11.6. The molecule has 3 aromatic rings. The number of aromatic nitrogens is 2. The Morgan fingerprint density at radius 1 is 0.950 bits per heavy atom. The highest BCUT2D eigenvalue weighted by molar-refractivity contribution is 5.96. The SMILES string of the molecule is CO[C@H](c1ccc(-c2noc(C)n2)cc1)[C@@H](CF)N=[N+]=[N-].CO[C@H](c1ccc(C(N)=NO)cc1)[C@@H](CF)N=[N+]=[N-]. The molecule has 0 aliphatic carbocycles. The van der Waals surface area contributed by atoms with Crippen LogP contribution in [0.2, 0.25) is 0 Å². The number of azide groups is 2. The predicted molar refractivity (Wildman–Crippen MR) is 141 cm³/mol. The van der Waals surface area contributed by atoms with Gasteiger partial charge in [-0.1, -0.05) is 69.1 Å². The summed E-state index contributed by atoms with van der Waals surface area (Å²) in [6.45, 7) is 0.0798. The van der Waals surface area contributed by atoms with Crippen molar-refractivity contribution in [2.24, 2.45) is 21.1 Å². The Labute approximate surface area is 227 Å². The largest absolute Gasteiger partial charge is 0.409 e. The van der Waals surface area contributed by atoms with Gasteiger partial charge in [-0.2, -0.15) is 4.98 Å². The van der Waals surface area contributed by atoms with Gasteiger partial charge in [-0.3, -0.25) is 8.78 Å². The van der Waals surface area contributed by atoms with E-state index >= 15 is 0 Å². The summed E-state index contributed by atoms with van der Waals surface area (Å²) >= 11 is 0. The van der Waals surface area contributed by atoms with Gasteiger partial charge in [0, 0.05) is 42.1 Å². The average molecular weight is 559 g/mol. The first kappa shape index (κ1) is 31.5. The lowest BCUT2D eigenvalue weighted by Gasteiger charge is -2.20. The van der Waals surface area contributed by atoms with Crippen LogP contribution in [-0.4, -0.2) is 60.8 Å². The monoisotopic (exact) mass is 558 g/mol. The normalized spacial score (nSPS) is 14.0. The summed E-state index contributed by atoms with van der Waals surface area (Å²) in [5.41, 5.74) is 24.9. The van der Waals surface area contributed by atoms with Crippen molar-refractivity contribution in [1.29, 1.82) is 0 Å². The first-order chi connectivity index (χ1) is 19.4. The summed E-state index contributed by atoms with van der Waals surface area (Å²) in [6, 6.07) is 11.7. The number of aryl methyl sites for hydroxylation is 1. The maximum Gasteiger partial charge on any atom is 0.223 e. The van der Waals surface area contributed by atoms with Crippen LogP contribution in [0.5, 0.6) is 0 Å². The van der Waals surface area contributed by atoms with E-state index in [-0.39, 0.29) is 5.84 Å². The maximum absolute atomic E-state index is 12.9. The van der Waals surface area contributed by atoms with E-state index in [0.717, 1.165) is 5.56 Å². The maximum atomic E-state index is 12.9. The molecule has 0 bridgehead atoms. The van der Waals surface area contributed by atoms with Gasteiger partial charge in [-0.15, -0.1) is 0 Å². The van der Waals surface area contributed by atoms with Crippen LogP contribution >= 0.6 is 0 Å². The van der Waals surface area contributed by atoms with Crippen molar-refractivity contribution < 1.29 is 28.0 Å².